The summed E-state index contributed by atoms with van der Waals surface area (Å²) in [6, 6.07) is 77.5. The molecule has 0 amide bonds. The molecule has 0 aromatic heterocycles. The lowest BCUT2D eigenvalue weighted by Crippen LogP contribution is -1.94. The number of hydrogen-bond acceptors (Lipinski definition) is 5. The van der Waals surface area contributed by atoms with Crippen LogP contribution in [-0.4, -0.2) is 33.0 Å². The van der Waals surface area contributed by atoms with Gasteiger partial charge in [0.1, 0.15) is 28.7 Å². The van der Waals surface area contributed by atoms with Crippen LogP contribution in [-0.2, 0) is 0 Å². The van der Waals surface area contributed by atoms with E-state index in [0.717, 1.165) is 174 Å². The van der Waals surface area contributed by atoms with Gasteiger partial charge in [-0.3, -0.25) is 23.5 Å². The Labute approximate surface area is 616 Å². The van der Waals surface area contributed by atoms with Crippen molar-refractivity contribution in [1.82, 2.24) is 0 Å². The van der Waals surface area contributed by atoms with Gasteiger partial charge in [0, 0.05) is 80.1 Å². The highest BCUT2D eigenvalue weighted by molar-refractivity contribution is 7.81. The summed E-state index contributed by atoms with van der Waals surface area (Å²) in [5.41, 5.74) is 9.75. The highest BCUT2D eigenvalue weighted by Crippen LogP contribution is 2.18. The SMILES string of the molecule is CCCOc1ccc(C#Cc2ccc([S])cc2)cc1.CCCOc1ccc(C#Cc2ccc([S])cc2)cc1.CCCOc1ccc(C#Cc2ccc([S])cc2)cc1.CCCOc1ccc(C#Cc2ccc([S])cc2)cc1.CCCOc1ccc(C#Cc2ccc([S])cc2)cc1.F.F.F.F.F. The average Bonchev–Trinajstić information content (AvgIpc) is 1.06. The zero-order chi connectivity index (χ0) is 67.5. The number of benzene rings is 10. The minimum absolute atomic E-state index is 0. The quantitative estimate of drug-likeness (QED) is 0.0756. The molecule has 0 saturated carbocycles. The van der Waals surface area contributed by atoms with Crippen molar-refractivity contribution < 1.29 is 47.2 Å². The fraction of sp³-hybridized carbons (Fsp3) is 0.176. The van der Waals surface area contributed by atoms with Crippen LogP contribution in [0.4, 0.5) is 23.5 Å². The summed E-state index contributed by atoms with van der Waals surface area (Å²) in [5.74, 6) is 35.6. The van der Waals surface area contributed by atoms with Crippen molar-refractivity contribution in [3.63, 3.8) is 0 Å². The summed E-state index contributed by atoms with van der Waals surface area (Å²) in [5, 5.41) is 0. The number of hydrogen-bond donors (Lipinski definition) is 0. The van der Waals surface area contributed by atoms with Crippen LogP contribution in [0.5, 0.6) is 28.7 Å². The molecule has 0 heterocycles. The second-order valence-electron chi connectivity index (χ2n) is 20.7. The Morgan fingerprint density at radius 2 is 0.280 bits per heavy atom. The van der Waals surface area contributed by atoms with Gasteiger partial charge >= 0.3 is 0 Å². The fourth-order valence-corrected chi connectivity index (χ4v) is 8.37. The van der Waals surface area contributed by atoms with Crippen LogP contribution < -0.4 is 23.7 Å². The molecule has 100 heavy (non-hydrogen) atoms. The molecule has 515 valence electrons. The number of rotatable bonds is 15. The summed E-state index contributed by atoms with van der Waals surface area (Å²) in [4.78, 5) is 4.18. The summed E-state index contributed by atoms with van der Waals surface area (Å²) < 4.78 is 27.6. The average molecular weight is 1440 g/mol. The number of halogens is 5. The zero-order valence-electron chi connectivity index (χ0n) is 56.3. The summed E-state index contributed by atoms with van der Waals surface area (Å²) >= 11 is 25.2. The molecule has 10 aromatic rings. The molecule has 5 radical (unpaired) electrons. The molecule has 0 fully saturated rings. The van der Waals surface area contributed by atoms with Crippen molar-refractivity contribution in [3.05, 3.63) is 298 Å². The van der Waals surface area contributed by atoms with Crippen molar-refractivity contribution in [1.29, 1.82) is 0 Å². The van der Waals surface area contributed by atoms with Crippen LogP contribution in [0.3, 0.4) is 0 Å². The molecule has 0 bridgehead atoms. The topological polar surface area (TPSA) is 46.2 Å². The predicted molar refractivity (Wildman–Crippen MR) is 415 cm³/mol. The van der Waals surface area contributed by atoms with Crippen LogP contribution in [0, 0.1) is 59.2 Å². The Morgan fingerprint density at radius 1 is 0.180 bits per heavy atom. The van der Waals surface area contributed by atoms with Crippen molar-refractivity contribution in [2.45, 2.75) is 91.2 Å². The maximum Gasteiger partial charge on any atom is 0.119 e. The first-order chi connectivity index (χ1) is 46.4. The van der Waals surface area contributed by atoms with Gasteiger partial charge in [-0.1, -0.05) is 157 Å². The van der Waals surface area contributed by atoms with Gasteiger partial charge in [0.2, 0.25) is 0 Å². The fourth-order valence-electron chi connectivity index (χ4n) is 7.69. The molecule has 0 aliphatic carbocycles. The molecule has 0 saturated heterocycles. The highest BCUT2D eigenvalue weighted by atomic mass is 32.1. The largest absolute Gasteiger partial charge is 0.494 e. The lowest BCUT2D eigenvalue weighted by atomic mass is 10.2. The molecular formula is C85H80F5O5S5. The van der Waals surface area contributed by atoms with E-state index in [1.807, 2.05) is 243 Å². The molecule has 15 heteroatoms. The summed E-state index contributed by atoms with van der Waals surface area (Å²) in [6.07, 6.45) is 5.07. The minimum Gasteiger partial charge on any atom is -0.494 e. The second-order valence-corrected chi connectivity index (χ2v) is 23.1. The van der Waals surface area contributed by atoms with E-state index in [4.69, 9.17) is 86.8 Å². The van der Waals surface area contributed by atoms with E-state index in [2.05, 4.69) is 93.8 Å². The molecule has 0 N–H and O–H groups in total. The van der Waals surface area contributed by atoms with E-state index >= 15 is 0 Å². The Kier molecular flexibility index (Phi) is 45.5. The van der Waals surface area contributed by atoms with Crippen molar-refractivity contribution >= 4 is 63.1 Å². The summed E-state index contributed by atoms with van der Waals surface area (Å²) in [7, 11) is 0. The third-order valence-electron chi connectivity index (χ3n) is 12.7. The molecule has 10 rings (SSSR count). The zero-order valence-corrected chi connectivity index (χ0v) is 60.4. The second kappa shape index (κ2) is 51.9. The molecule has 5 nitrogen and oxygen atoms in total. The molecule has 0 spiro atoms. The van der Waals surface area contributed by atoms with Crippen molar-refractivity contribution in [2.75, 3.05) is 33.0 Å². The van der Waals surface area contributed by atoms with Gasteiger partial charge in [0.05, 0.1) is 33.0 Å². The van der Waals surface area contributed by atoms with E-state index in [1.54, 1.807) is 0 Å². The first-order valence-electron chi connectivity index (χ1n) is 31.5. The molecule has 0 aliphatic heterocycles. The molecule has 0 atom stereocenters. The number of ether oxygens (including phenoxy) is 5. The normalized spacial score (nSPS) is 9.05. The van der Waals surface area contributed by atoms with Gasteiger partial charge in [0.15, 0.2) is 0 Å². The first kappa shape index (κ1) is 87.8. The molecular weight excluding hydrogens is 1360 g/mol. The molecule has 10 aromatic carbocycles. The van der Waals surface area contributed by atoms with Gasteiger partial charge in [-0.15, -0.1) is 0 Å². The van der Waals surface area contributed by atoms with Gasteiger partial charge in [-0.25, -0.2) is 0 Å². The predicted octanol–water partition coefficient (Wildman–Crippen LogP) is 22.9. The van der Waals surface area contributed by atoms with E-state index in [9.17, 15) is 0 Å². The summed E-state index contributed by atoms with van der Waals surface area (Å²) in [6.45, 7) is 14.2. The Bertz CT molecular complexity index is 3540. The molecule has 0 aliphatic rings. The van der Waals surface area contributed by atoms with Gasteiger partial charge < -0.3 is 23.7 Å². The van der Waals surface area contributed by atoms with E-state index in [0.29, 0.717) is 0 Å². The van der Waals surface area contributed by atoms with Crippen LogP contribution in [0.15, 0.2) is 267 Å². The van der Waals surface area contributed by atoms with Gasteiger partial charge in [0.25, 0.3) is 0 Å². The highest BCUT2D eigenvalue weighted by Gasteiger charge is 1.99. The molecule has 0 unspecified atom stereocenters. The lowest BCUT2D eigenvalue weighted by Gasteiger charge is -2.03. The van der Waals surface area contributed by atoms with E-state index < -0.39 is 0 Å². The smallest absolute Gasteiger partial charge is 0.119 e. The Morgan fingerprint density at radius 3 is 0.380 bits per heavy atom. The van der Waals surface area contributed by atoms with E-state index in [-0.39, 0.29) is 23.5 Å². The van der Waals surface area contributed by atoms with Gasteiger partial charge in [-0.05, 0) is 275 Å². The van der Waals surface area contributed by atoms with Crippen molar-refractivity contribution in [3.8, 4) is 88.0 Å². The standard InChI is InChI=1S/5C17H15OS.5FH/c5*1-2-13-18-16-9-5-14(6-10-16)3-4-15-7-11-17(19)12-8-15;;;;;/h5*5-12H,2,13H2,1H3;5*1H. The van der Waals surface area contributed by atoms with E-state index in [1.165, 1.54) is 0 Å². The maximum absolute atomic E-state index is 5.53. The maximum atomic E-state index is 5.53. The van der Waals surface area contributed by atoms with Crippen molar-refractivity contribution in [2.24, 2.45) is 0 Å². The lowest BCUT2D eigenvalue weighted by molar-refractivity contribution is 0.317. The third-order valence-corrected chi connectivity index (χ3v) is 14.0. The van der Waals surface area contributed by atoms with Crippen LogP contribution >= 0.6 is 63.1 Å². The third kappa shape index (κ3) is 36.4. The van der Waals surface area contributed by atoms with Gasteiger partial charge in [-0.2, -0.15) is 0 Å². The first-order valence-corrected chi connectivity index (χ1v) is 33.5. The van der Waals surface area contributed by atoms with Crippen LogP contribution in [0.1, 0.15) is 122 Å². The Balaban J connectivity index is 0.000000617. The van der Waals surface area contributed by atoms with Crippen LogP contribution in [0.25, 0.3) is 0 Å². The Hall–Kier alpha value is -10.3. The monoisotopic (exact) mass is 1440 g/mol. The van der Waals surface area contributed by atoms with Crippen LogP contribution in [0.2, 0.25) is 0 Å². The minimum atomic E-state index is 0.